The molecule has 0 radical (unpaired) electrons. The molecule has 22 heavy (non-hydrogen) atoms. The van der Waals surface area contributed by atoms with Gasteiger partial charge < -0.3 is 4.74 Å². The molecule has 2 aromatic rings. The molecule has 0 aliphatic rings. The number of hydrogen-bond acceptors (Lipinski definition) is 1. The normalized spacial score (nSPS) is 11.1. The summed E-state index contributed by atoms with van der Waals surface area (Å²) in [6.07, 6.45) is 0. The molecule has 0 bridgehead atoms. The van der Waals surface area contributed by atoms with Crippen molar-refractivity contribution in [2.75, 3.05) is 0 Å². The Balaban J connectivity index is 2.63. The third-order valence-corrected chi connectivity index (χ3v) is 2.96. The monoisotopic (exact) mass is 344 g/mol. The zero-order valence-corrected chi connectivity index (χ0v) is 11.0. The van der Waals surface area contributed by atoms with Crippen LogP contribution >= 0.6 is 11.6 Å². The van der Waals surface area contributed by atoms with Gasteiger partial charge in [-0.05, 0) is 18.2 Å². The second-order valence-corrected chi connectivity index (χ2v) is 4.37. The van der Waals surface area contributed by atoms with E-state index in [0.29, 0.717) is 0 Å². The molecule has 9 heteroatoms. The van der Waals surface area contributed by atoms with Gasteiger partial charge in [0.1, 0.15) is 5.75 Å². The maximum Gasteiger partial charge on any atom is 0.387 e. The van der Waals surface area contributed by atoms with E-state index in [9.17, 15) is 30.7 Å². The molecule has 0 atom stereocenters. The van der Waals surface area contributed by atoms with E-state index in [4.69, 9.17) is 11.6 Å². The van der Waals surface area contributed by atoms with E-state index in [-0.39, 0.29) is 0 Å². The Morgan fingerprint density at radius 3 is 1.77 bits per heavy atom. The largest absolute Gasteiger partial charge is 0.435 e. The van der Waals surface area contributed by atoms with Crippen LogP contribution in [0.3, 0.4) is 0 Å². The van der Waals surface area contributed by atoms with Gasteiger partial charge in [-0.25, -0.2) is 22.0 Å². The average Bonchev–Trinajstić information content (AvgIpc) is 2.45. The molecule has 118 valence electrons. The van der Waals surface area contributed by atoms with E-state index in [1.807, 2.05) is 0 Å². The lowest BCUT2D eigenvalue weighted by Gasteiger charge is -2.11. The first kappa shape index (κ1) is 16.4. The van der Waals surface area contributed by atoms with Crippen molar-refractivity contribution < 1.29 is 35.5 Å². The van der Waals surface area contributed by atoms with Gasteiger partial charge in [0.15, 0.2) is 23.3 Å². The van der Waals surface area contributed by atoms with Crippen molar-refractivity contribution in [1.82, 2.24) is 0 Å². The van der Waals surface area contributed by atoms with Crippen molar-refractivity contribution in [3.63, 3.8) is 0 Å². The summed E-state index contributed by atoms with van der Waals surface area (Å²) < 4.78 is 94.6. The van der Waals surface area contributed by atoms with Crippen molar-refractivity contribution in [1.29, 1.82) is 0 Å². The van der Waals surface area contributed by atoms with Gasteiger partial charge in [-0.3, -0.25) is 0 Å². The SMILES string of the molecule is Fc1c(F)c(F)c(-c2ccc(OC(F)F)cc2Cl)c(F)c1F. The Labute approximate surface area is 123 Å². The summed E-state index contributed by atoms with van der Waals surface area (Å²) >= 11 is 5.64. The molecule has 1 nitrogen and oxygen atoms in total. The van der Waals surface area contributed by atoms with E-state index in [1.54, 1.807) is 0 Å². The van der Waals surface area contributed by atoms with Crippen LogP contribution < -0.4 is 4.74 Å². The minimum absolute atomic E-state index is 0.437. The van der Waals surface area contributed by atoms with Crippen molar-refractivity contribution >= 4 is 11.6 Å². The standard InChI is InChI=1S/C13H4ClF7O/c14-6-3-4(22-13(20)21)1-2-5(6)7-8(15)10(17)12(19)11(18)9(7)16/h1-3,13H. The van der Waals surface area contributed by atoms with Gasteiger partial charge in [-0.15, -0.1) is 0 Å². The van der Waals surface area contributed by atoms with E-state index in [2.05, 4.69) is 4.74 Å². The summed E-state index contributed by atoms with van der Waals surface area (Å²) in [6.45, 7) is -3.17. The van der Waals surface area contributed by atoms with Gasteiger partial charge in [0.2, 0.25) is 5.82 Å². The van der Waals surface area contributed by atoms with E-state index in [1.165, 1.54) is 0 Å². The van der Waals surface area contributed by atoms with Gasteiger partial charge in [0.25, 0.3) is 0 Å². The second kappa shape index (κ2) is 6.04. The summed E-state index contributed by atoms with van der Waals surface area (Å²) in [5, 5.41) is -0.527. The summed E-state index contributed by atoms with van der Waals surface area (Å²) in [6, 6.07) is 2.42. The summed E-state index contributed by atoms with van der Waals surface area (Å²) in [5.74, 6) is -11.2. The molecule has 0 saturated heterocycles. The zero-order chi connectivity index (χ0) is 16.6. The maximum absolute atomic E-state index is 13.6. The molecule has 2 rings (SSSR count). The molecule has 0 aliphatic heterocycles. The molecule has 0 fully saturated rings. The lowest BCUT2D eigenvalue weighted by Crippen LogP contribution is -2.05. The topological polar surface area (TPSA) is 9.23 Å². The molecular weight excluding hydrogens is 341 g/mol. The lowest BCUT2D eigenvalue weighted by atomic mass is 10.0. The van der Waals surface area contributed by atoms with Crippen LogP contribution in [-0.2, 0) is 0 Å². The number of benzene rings is 2. The molecule has 2 aromatic carbocycles. The van der Waals surface area contributed by atoms with Crippen molar-refractivity contribution in [3.8, 4) is 16.9 Å². The minimum atomic E-state index is -3.17. The van der Waals surface area contributed by atoms with Crippen LogP contribution in [0.2, 0.25) is 5.02 Å². The number of halogens is 8. The third-order valence-electron chi connectivity index (χ3n) is 2.64. The fourth-order valence-corrected chi connectivity index (χ4v) is 1.98. The summed E-state index contributed by atoms with van der Waals surface area (Å²) in [5.41, 5.74) is -1.82. The Bertz CT molecular complexity index is 704. The fraction of sp³-hybridized carbons (Fsp3) is 0.0769. The van der Waals surface area contributed by atoms with Crippen molar-refractivity contribution in [2.24, 2.45) is 0 Å². The van der Waals surface area contributed by atoms with Crippen LogP contribution in [0, 0.1) is 29.1 Å². The summed E-state index contributed by atoms with van der Waals surface area (Å²) in [4.78, 5) is 0. The Morgan fingerprint density at radius 1 is 0.818 bits per heavy atom. The molecule has 0 spiro atoms. The van der Waals surface area contributed by atoms with Crippen molar-refractivity contribution in [2.45, 2.75) is 6.61 Å². The van der Waals surface area contributed by atoms with Crippen LogP contribution in [0.4, 0.5) is 30.7 Å². The Kier molecular flexibility index (Phi) is 4.50. The van der Waals surface area contributed by atoms with Crippen LogP contribution in [0.1, 0.15) is 0 Å². The highest BCUT2D eigenvalue weighted by Gasteiger charge is 2.27. The number of alkyl halides is 2. The molecule has 0 N–H and O–H groups in total. The van der Waals surface area contributed by atoms with Gasteiger partial charge >= 0.3 is 6.61 Å². The van der Waals surface area contributed by atoms with E-state index in [0.717, 1.165) is 18.2 Å². The highest BCUT2D eigenvalue weighted by molar-refractivity contribution is 6.33. The number of hydrogen-bond donors (Lipinski definition) is 0. The Hall–Kier alpha value is -1.96. The number of rotatable bonds is 3. The predicted molar refractivity (Wildman–Crippen MR) is 63.3 cm³/mol. The maximum atomic E-state index is 13.6. The smallest absolute Gasteiger partial charge is 0.387 e. The molecule has 0 amide bonds. The van der Waals surface area contributed by atoms with E-state index >= 15 is 0 Å². The molecule has 0 unspecified atom stereocenters. The first-order valence-corrected chi connectivity index (χ1v) is 5.88. The minimum Gasteiger partial charge on any atom is -0.435 e. The lowest BCUT2D eigenvalue weighted by molar-refractivity contribution is -0.0498. The van der Waals surface area contributed by atoms with Gasteiger partial charge in [0.05, 0.1) is 10.6 Å². The van der Waals surface area contributed by atoms with E-state index < -0.39 is 57.6 Å². The fourth-order valence-electron chi connectivity index (χ4n) is 1.72. The first-order valence-electron chi connectivity index (χ1n) is 5.50. The van der Waals surface area contributed by atoms with Crippen LogP contribution in [0.25, 0.3) is 11.1 Å². The highest BCUT2D eigenvalue weighted by Crippen LogP contribution is 2.37. The van der Waals surface area contributed by atoms with Crippen molar-refractivity contribution in [3.05, 3.63) is 52.3 Å². The zero-order valence-electron chi connectivity index (χ0n) is 10.2. The molecule has 0 heterocycles. The van der Waals surface area contributed by atoms with Crippen LogP contribution in [0.15, 0.2) is 18.2 Å². The van der Waals surface area contributed by atoms with Gasteiger partial charge in [-0.2, -0.15) is 8.78 Å². The number of ether oxygens (including phenoxy) is 1. The van der Waals surface area contributed by atoms with Crippen LogP contribution in [-0.4, -0.2) is 6.61 Å². The molecule has 0 aromatic heterocycles. The second-order valence-electron chi connectivity index (χ2n) is 3.97. The summed E-state index contributed by atoms with van der Waals surface area (Å²) in [7, 11) is 0. The molecule has 0 aliphatic carbocycles. The molecular formula is C13H4ClF7O. The van der Waals surface area contributed by atoms with Crippen LogP contribution in [0.5, 0.6) is 5.75 Å². The quantitative estimate of drug-likeness (QED) is 0.417. The van der Waals surface area contributed by atoms with Gasteiger partial charge in [-0.1, -0.05) is 11.6 Å². The highest BCUT2D eigenvalue weighted by atomic mass is 35.5. The predicted octanol–water partition coefficient (Wildman–Crippen LogP) is 5.30. The molecule has 0 saturated carbocycles. The average molecular weight is 345 g/mol. The van der Waals surface area contributed by atoms with Gasteiger partial charge in [0, 0.05) is 5.56 Å². The first-order chi connectivity index (χ1) is 10.2. The Morgan fingerprint density at radius 2 is 1.32 bits per heavy atom. The third kappa shape index (κ3) is 2.83.